The van der Waals surface area contributed by atoms with Gasteiger partial charge in [0.25, 0.3) is 0 Å². The number of aryl methyl sites for hydroxylation is 4. The van der Waals surface area contributed by atoms with Gasteiger partial charge in [0.05, 0.1) is 6.54 Å². The standard InChI is InChI=1S/C25H32N4O4S/c1-17-7-9-22(10-8-17)29-18(2)15-23(20(29)4)24(30)16-27-11-6-12-28(14-13-27)34(31,32)25-19(3)26-33-21(25)5/h7-10,15H,6,11-14,16H2,1-5H3. The van der Waals surface area contributed by atoms with Gasteiger partial charge >= 0.3 is 0 Å². The number of carbonyl (C=O) groups is 1. The molecule has 1 aliphatic rings. The lowest BCUT2D eigenvalue weighted by atomic mass is 10.1. The summed E-state index contributed by atoms with van der Waals surface area (Å²) >= 11 is 0. The predicted octanol–water partition coefficient (Wildman–Crippen LogP) is 3.59. The quantitative estimate of drug-likeness (QED) is 0.497. The first kappa shape index (κ1) is 24.4. The van der Waals surface area contributed by atoms with Crippen LogP contribution in [0.1, 0.15) is 45.2 Å². The number of carbonyl (C=O) groups excluding carboxylic acids is 1. The van der Waals surface area contributed by atoms with E-state index in [1.54, 1.807) is 13.8 Å². The Morgan fingerprint density at radius 1 is 1.00 bits per heavy atom. The zero-order valence-corrected chi connectivity index (χ0v) is 21.3. The molecule has 0 amide bonds. The number of Topliss-reactive ketones (excluding diaryl/α,β-unsaturated/α-hetero) is 1. The van der Waals surface area contributed by atoms with Gasteiger partial charge in [-0.3, -0.25) is 9.69 Å². The van der Waals surface area contributed by atoms with Crippen LogP contribution in [0.15, 0.2) is 39.8 Å². The van der Waals surface area contributed by atoms with Crippen LogP contribution in [0.3, 0.4) is 0 Å². The molecular weight excluding hydrogens is 452 g/mol. The molecule has 1 fully saturated rings. The zero-order chi connectivity index (χ0) is 24.6. The molecule has 0 aliphatic carbocycles. The number of sulfonamides is 1. The minimum Gasteiger partial charge on any atom is -0.360 e. The fraction of sp³-hybridized carbons (Fsp3) is 0.440. The van der Waals surface area contributed by atoms with Crippen molar-refractivity contribution < 1.29 is 17.7 Å². The van der Waals surface area contributed by atoms with Crippen LogP contribution in [0.25, 0.3) is 5.69 Å². The van der Waals surface area contributed by atoms with E-state index in [4.69, 9.17) is 4.52 Å². The molecule has 0 saturated carbocycles. The van der Waals surface area contributed by atoms with Gasteiger partial charge in [-0.2, -0.15) is 4.31 Å². The molecule has 182 valence electrons. The predicted molar refractivity (Wildman–Crippen MR) is 130 cm³/mol. The van der Waals surface area contributed by atoms with Crippen molar-refractivity contribution in [3.05, 3.63) is 64.3 Å². The van der Waals surface area contributed by atoms with Gasteiger partial charge < -0.3 is 9.09 Å². The van der Waals surface area contributed by atoms with E-state index in [2.05, 4.69) is 40.9 Å². The smallest absolute Gasteiger partial charge is 0.248 e. The summed E-state index contributed by atoms with van der Waals surface area (Å²) in [6.07, 6.45) is 0.651. The Balaban J connectivity index is 1.47. The van der Waals surface area contributed by atoms with Gasteiger partial charge in [0.15, 0.2) is 11.5 Å². The van der Waals surface area contributed by atoms with Crippen molar-refractivity contribution in [3.63, 3.8) is 0 Å². The largest absolute Gasteiger partial charge is 0.360 e. The minimum atomic E-state index is -3.69. The third-order valence-corrected chi connectivity index (χ3v) is 8.65. The Hall–Kier alpha value is -2.75. The summed E-state index contributed by atoms with van der Waals surface area (Å²) in [4.78, 5) is 15.4. The van der Waals surface area contributed by atoms with Crippen LogP contribution in [0.2, 0.25) is 0 Å². The second kappa shape index (κ2) is 9.48. The number of hydrogen-bond donors (Lipinski definition) is 0. The van der Waals surface area contributed by atoms with Crippen molar-refractivity contribution in [1.82, 2.24) is 18.9 Å². The highest BCUT2D eigenvalue weighted by Gasteiger charge is 2.32. The third-order valence-electron chi connectivity index (χ3n) is 6.50. The molecule has 1 aliphatic heterocycles. The summed E-state index contributed by atoms with van der Waals surface area (Å²) in [5.41, 5.74) is 5.24. The van der Waals surface area contributed by atoms with Crippen LogP contribution in [0.5, 0.6) is 0 Å². The Morgan fingerprint density at radius 3 is 2.35 bits per heavy atom. The molecule has 4 rings (SSSR count). The van der Waals surface area contributed by atoms with Crippen molar-refractivity contribution in [3.8, 4) is 5.69 Å². The van der Waals surface area contributed by atoms with Crippen LogP contribution in [0, 0.1) is 34.6 Å². The molecule has 3 aromatic rings. The van der Waals surface area contributed by atoms with Crippen LogP contribution < -0.4 is 0 Å². The highest BCUT2D eigenvalue weighted by molar-refractivity contribution is 7.89. The molecule has 1 saturated heterocycles. The summed E-state index contributed by atoms with van der Waals surface area (Å²) in [5.74, 6) is 0.353. The maximum atomic E-state index is 13.2. The Morgan fingerprint density at radius 2 is 1.71 bits per heavy atom. The molecule has 0 atom stereocenters. The van der Waals surface area contributed by atoms with Gasteiger partial charge in [0, 0.05) is 42.3 Å². The molecule has 0 bridgehead atoms. The van der Waals surface area contributed by atoms with Crippen LogP contribution >= 0.6 is 0 Å². The highest BCUT2D eigenvalue weighted by atomic mass is 32.2. The fourth-order valence-corrected chi connectivity index (χ4v) is 6.50. The molecule has 0 spiro atoms. The molecule has 1 aromatic carbocycles. The highest BCUT2D eigenvalue weighted by Crippen LogP contribution is 2.25. The number of hydrogen-bond acceptors (Lipinski definition) is 6. The molecule has 2 aromatic heterocycles. The van der Waals surface area contributed by atoms with Crippen LogP contribution in [-0.4, -0.2) is 65.9 Å². The SMILES string of the molecule is Cc1ccc(-n2c(C)cc(C(=O)CN3CCCN(S(=O)(=O)c4c(C)noc4C)CC3)c2C)cc1. The number of nitrogens with zero attached hydrogens (tertiary/aromatic N) is 4. The first-order chi connectivity index (χ1) is 16.1. The number of rotatable bonds is 6. The van der Waals surface area contributed by atoms with Crippen molar-refractivity contribution in [2.75, 3.05) is 32.7 Å². The third kappa shape index (κ3) is 4.60. The average Bonchev–Trinajstić information content (AvgIpc) is 3.16. The van der Waals surface area contributed by atoms with Gasteiger partial charge in [-0.05, 0) is 65.8 Å². The van der Waals surface area contributed by atoms with E-state index in [1.807, 2.05) is 24.8 Å². The number of aromatic nitrogens is 2. The summed E-state index contributed by atoms with van der Waals surface area (Å²) < 4.78 is 35.0. The molecule has 34 heavy (non-hydrogen) atoms. The molecule has 3 heterocycles. The number of ketones is 1. The van der Waals surface area contributed by atoms with Gasteiger partial charge in [-0.25, -0.2) is 8.42 Å². The van der Waals surface area contributed by atoms with E-state index in [-0.39, 0.29) is 17.2 Å². The van der Waals surface area contributed by atoms with E-state index in [0.29, 0.717) is 49.6 Å². The summed E-state index contributed by atoms with van der Waals surface area (Å²) in [6.45, 7) is 11.4. The first-order valence-electron chi connectivity index (χ1n) is 11.5. The lowest BCUT2D eigenvalue weighted by molar-refractivity contribution is 0.0933. The second-order valence-electron chi connectivity index (χ2n) is 9.07. The molecule has 9 heteroatoms. The molecule has 8 nitrogen and oxygen atoms in total. The van der Waals surface area contributed by atoms with E-state index in [0.717, 1.165) is 17.1 Å². The van der Waals surface area contributed by atoms with Crippen LogP contribution in [0.4, 0.5) is 0 Å². The Kier molecular flexibility index (Phi) is 6.80. The topological polar surface area (TPSA) is 88.7 Å². The normalized spacial score (nSPS) is 16.0. The second-order valence-corrected chi connectivity index (χ2v) is 10.9. The molecule has 0 N–H and O–H groups in total. The van der Waals surface area contributed by atoms with E-state index >= 15 is 0 Å². The Bertz CT molecular complexity index is 1290. The molecule has 0 unspecified atom stereocenters. The minimum absolute atomic E-state index is 0.0495. The lowest BCUT2D eigenvalue weighted by Crippen LogP contribution is -2.37. The van der Waals surface area contributed by atoms with Gasteiger partial charge in [-0.1, -0.05) is 22.9 Å². The van der Waals surface area contributed by atoms with Gasteiger partial charge in [0.2, 0.25) is 10.0 Å². The fourth-order valence-electron chi connectivity index (χ4n) is 4.74. The lowest BCUT2D eigenvalue weighted by Gasteiger charge is -2.21. The summed E-state index contributed by atoms with van der Waals surface area (Å²) in [5, 5.41) is 3.79. The van der Waals surface area contributed by atoms with E-state index < -0.39 is 10.0 Å². The van der Waals surface area contributed by atoms with E-state index in [1.165, 1.54) is 9.87 Å². The number of benzene rings is 1. The van der Waals surface area contributed by atoms with E-state index in [9.17, 15) is 13.2 Å². The van der Waals surface area contributed by atoms with Crippen molar-refractivity contribution in [2.24, 2.45) is 0 Å². The maximum absolute atomic E-state index is 13.2. The van der Waals surface area contributed by atoms with Crippen molar-refractivity contribution in [1.29, 1.82) is 0 Å². The first-order valence-corrected chi connectivity index (χ1v) is 13.0. The summed E-state index contributed by atoms with van der Waals surface area (Å²) in [7, 11) is -3.69. The van der Waals surface area contributed by atoms with Crippen molar-refractivity contribution >= 4 is 15.8 Å². The van der Waals surface area contributed by atoms with Gasteiger partial charge in [-0.15, -0.1) is 0 Å². The maximum Gasteiger partial charge on any atom is 0.248 e. The van der Waals surface area contributed by atoms with Gasteiger partial charge in [0.1, 0.15) is 10.6 Å². The summed E-state index contributed by atoms with van der Waals surface area (Å²) in [6, 6.07) is 10.2. The van der Waals surface area contributed by atoms with Crippen LogP contribution in [-0.2, 0) is 10.0 Å². The molecular formula is C25H32N4O4S. The van der Waals surface area contributed by atoms with Crippen molar-refractivity contribution in [2.45, 2.75) is 45.9 Å². The molecule has 0 radical (unpaired) electrons. The monoisotopic (exact) mass is 484 g/mol. The average molecular weight is 485 g/mol. The zero-order valence-electron chi connectivity index (χ0n) is 20.5. The Labute approximate surface area is 201 Å².